The van der Waals surface area contributed by atoms with E-state index in [9.17, 15) is 18.0 Å². The predicted octanol–water partition coefficient (Wildman–Crippen LogP) is 3.26. The largest absolute Gasteiger partial charge is 0.341 e. The van der Waals surface area contributed by atoms with E-state index in [0.717, 1.165) is 11.1 Å². The Labute approximate surface area is 178 Å². The SMILES string of the molecule is CC(=O)c1ccc(S(=O)(=O)N2CCC(C(=O)N(C)Cc3ccccc3C)CC2)cc1. The van der Waals surface area contributed by atoms with Crippen molar-refractivity contribution in [2.45, 2.75) is 38.1 Å². The third kappa shape index (κ3) is 4.79. The van der Waals surface area contributed by atoms with Crippen LogP contribution in [0.2, 0.25) is 0 Å². The van der Waals surface area contributed by atoms with E-state index in [1.807, 2.05) is 31.2 Å². The molecule has 0 spiro atoms. The molecule has 1 aliphatic rings. The zero-order valence-electron chi connectivity index (χ0n) is 17.7. The molecule has 2 aromatic carbocycles. The molecular formula is C23H28N2O4S. The van der Waals surface area contributed by atoms with Gasteiger partial charge in [-0.3, -0.25) is 9.59 Å². The number of rotatable bonds is 6. The van der Waals surface area contributed by atoms with E-state index >= 15 is 0 Å². The van der Waals surface area contributed by atoms with Crippen LogP contribution >= 0.6 is 0 Å². The first-order chi connectivity index (χ1) is 14.2. The molecular weight excluding hydrogens is 400 g/mol. The molecule has 1 aliphatic heterocycles. The topological polar surface area (TPSA) is 74.8 Å². The summed E-state index contributed by atoms with van der Waals surface area (Å²) < 4.78 is 27.2. The Morgan fingerprint density at radius 1 is 1.03 bits per heavy atom. The van der Waals surface area contributed by atoms with Crippen LogP contribution < -0.4 is 0 Å². The van der Waals surface area contributed by atoms with Crippen LogP contribution in [0.1, 0.15) is 41.3 Å². The lowest BCUT2D eigenvalue weighted by atomic mass is 9.96. The van der Waals surface area contributed by atoms with Gasteiger partial charge in [-0.05, 0) is 49.9 Å². The molecule has 0 atom stereocenters. The summed E-state index contributed by atoms with van der Waals surface area (Å²) in [7, 11) is -1.83. The van der Waals surface area contributed by atoms with Gasteiger partial charge in [-0.1, -0.05) is 36.4 Å². The lowest BCUT2D eigenvalue weighted by molar-refractivity contribution is -0.135. The number of Topliss-reactive ketones (excluding diaryl/α,β-unsaturated/α-hetero) is 1. The van der Waals surface area contributed by atoms with Gasteiger partial charge in [0.1, 0.15) is 0 Å². The Balaban J connectivity index is 1.61. The smallest absolute Gasteiger partial charge is 0.243 e. The van der Waals surface area contributed by atoms with Gasteiger partial charge in [0.2, 0.25) is 15.9 Å². The van der Waals surface area contributed by atoms with E-state index < -0.39 is 10.0 Å². The van der Waals surface area contributed by atoms with Crippen LogP contribution in [-0.2, 0) is 21.4 Å². The van der Waals surface area contributed by atoms with Gasteiger partial charge in [-0.15, -0.1) is 0 Å². The van der Waals surface area contributed by atoms with Gasteiger partial charge in [0.05, 0.1) is 4.90 Å². The van der Waals surface area contributed by atoms with Crippen molar-refractivity contribution in [1.82, 2.24) is 9.21 Å². The standard InChI is InChI=1S/C23H28N2O4S/c1-17-6-4-5-7-21(17)16-24(3)23(27)20-12-14-25(15-13-20)30(28,29)22-10-8-19(9-11-22)18(2)26/h4-11,20H,12-16H2,1-3H3. The van der Waals surface area contributed by atoms with Crippen LogP contribution in [0.25, 0.3) is 0 Å². The maximum atomic E-state index is 12.9. The van der Waals surface area contributed by atoms with Gasteiger partial charge in [-0.25, -0.2) is 8.42 Å². The first kappa shape index (κ1) is 22.2. The van der Waals surface area contributed by atoms with Crippen molar-refractivity contribution in [3.8, 4) is 0 Å². The van der Waals surface area contributed by atoms with Crippen LogP contribution in [0.3, 0.4) is 0 Å². The highest BCUT2D eigenvalue weighted by molar-refractivity contribution is 7.89. The van der Waals surface area contributed by atoms with Crippen molar-refractivity contribution in [2.24, 2.45) is 5.92 Å². The molecule has 0 N–H and O–H groups in total. The molecule has 0 radical (unpaired) electrons. The van der Waals surface area contributed by atoms with Gasteiger partial charge < -0.3 is 4.90 Å². The highest BCUT2D eigenvalue weighted by Crippen LogP contribution is 2.26. The van der Waals surface area contributed by atoms with Crippen LogP contribution in [-0.4, -0.2) is 49.5 Å². The number of nitrogens with zero attached hydrogens (tertiary/aromatic N) is 2. The van der Waals surface area contributed by atoms with Gasteiger partial charge in [0.15, 0.2) is 5.78 Å². The normalized spacial score (nSPS) is 15.7. The summed E-state index contributed by atoms with van der Waals surface area (Å²) in [5.41, 5.74) is 2.74. The van der Waals surface area contributed by atoms with Crippen LogP contribution in [0, 0.1) is 12.8 Å². The maximum absolute atomic E-state index is 12.9. The predicted molar refractivity (Wildman–Crippen MR) is 116 cm³/mol. The molecule has 1 fully saturated rings. The fourth-order valence-electron chi connectivity index (χ4n) is 3.79. The number of benzene rings is 2. The fourth-order valence-corrected chi connectivity index (χ4v) is 5.26. The number of sulfonamides is 1. The number of hydrogen-bond donors (Lipinski definition) is 0. The minimum absolute atomic E-state index is 0.0566. The second kappa shape index (κ2) is 9.10. The second-order valence-electron chi connectivity index (χ2n) is 7.88. The summed E-state index contributed by atoms with van der Waals surface area (Å²) >= 11 is 0. The fraction of sp³-hybridized carbons (Fsp3) is 0.391. The Kier molecular flexibility index (Phi) is 6.73. The third-order valence-electron chi connectivity index (χ3n) is 5.75. The summed E-state index contributed by atoms with van der Waals surface area (Å²) in [6, 6.07) is 14.0. The van der Waals surface area contributed by atoms with E-state index in [0.29, 0.717) is 38.0 Å². The molecule has 2 aromatic rings. The second-order valence-corrected chi connectivity index (χ2v) is 9.82. The Bertz CT molecular complexity index is 1020. The van der Waals surface area contributed by atoms with E-state index in [-0.39, 0.29) is 22.5 Å². The van der Waals surface area contributed by atoms with Gasteiger partial charge in [-0.2, -0.15) is 4.31 Å². The van der Waals surface area contributed by atoms with Crippen LogP contribution in [0.4, 0.5) is 0 Å². The van der Waals surface area contributed by atoms with Crippen molar-refractivity contribution in [2.75, 3.05) is 20.1 Å². The lowest BCUT2D eigenvalue weighted by Crippen LogP contribution is -2.43. The molecule has 7 heteroatoms. The Hall–Kier alpha value is -2.51. The number of piperidine rings is 1. The first-order valence-corrected chi connectivity index (χ1v) is 11.5. The lowest BCUT2D eigenvalue weighted by Gasteiger charge is -2.32. The molecule has 0 aromatic heterocycles. The van der Waals surface area contributed by atoms with Crippen molar-refractivity contribution in [3.63, 3.8) is 0 Å². The van der Waals surface area contributed by atoms with Crippen LogP contribution in [0.5, 0.6) is 0 Å². The average molecular weight is 429 g/mol. The number of hydrogen-bond acceptors (Lipinski definition) is 4. The zero-order valence-corrected chi connectivity index (χ0v) is 18.5. The summed E-state index contributed by atoms with van der Waals surface area (Å²) in [5, 5.41) is 0. The maximum Gasteiger partial charge on any atom is 0.243 e. The molecule has 0 bridgehead atoms. The first-order valence-electron chi connectivity index (χ1n) is 10.1. The monoisotopic (exact) mass is 428 g/mol. The Morgan fingerprint density at radius 2 is 1.63 bits per heavy atom. The summed E-state index contributed by atoms with van der Waals surface area (Å²) in [6.45, 7) is 4.64. The molecule has 1 heterocycles. The molecule has 6 nitrogen and oxygen atoms in total. The van der Waals surface area contributed by atoms with E-state index in [2.05, 4.69) is 0 Å². The summed E-state index contributed by atoms with van der Waals surface area (Å²) in [4.78, 5) is 26.2. The number of amides is 1. The Morgan fingerprint density at radius 3 is 2.20 bits per heavy atom. The minimum atomic E-state index is -3.63. The van der Waals surface area contributed by atoms with Gasteiger partial charge >= 0.3 is 0 Å². The molecule has 30 heavy (non-hydrogen) atoms. The molecule has 1 amide bonds. The molecule has 0 saturated carbocycles. The molecule has 0 aliphatic carbocycles. The molecule has 1 saturated heterocycles. The third-order valence-corrected chi connectivity index (χ3v) is 7.66. The average Bonchev–Trinajstić information content (AvgIpc) is 2.75. The summed E-state index contributed by atoms with van der Waals surface area (Å²) in [6.07, 6.45) is 1.00. The van der Waals surface area contributed by atoms with Crippen molar-refractivity contribution < 1.29 is 18.0 Å². The molecule has 3 rings (SSSR count). The number of carbonyl (C=O) groups excluding carboxylic acids is 2. The number of ketones is 1. The van der Waals surface area contributed by atoms with Crippen molar-refractivity contribution >= 4 is 21.7 Å². The molecule has 0 unspecified atom stereocenters. The van der Waals surface area contributed by atoms with Crippen LogP contribution in [0.15, 0.2) is 53.4 Å². The highest BCUT2D eigenvalue weighted by atomic mass is 32.2. The highest BCUT2D eigenvalue weighted by Gasteiger charge is 2.33. The molecule has 160 valence electrons. The number of carbonyl (C=O) groups is 2. The van der Waals surface area contributed by atoms with Crippen molar-refractivity contribution in [1.29, 1.82) is 0 Å². The van der Waals surface area contributed by atoms with Crippen molar-refractivity contribution in [3.05, 3.63) is 65.2 Å². The van der Waals surface area contributed by atoms with Gasteiger partial charge in [0, 0.05) is 38.2 Å². The van der Waals surface area contributed by atoms with E-state index in [1.165, 1.54) is 35.5 Å². The van der Waals surface area contributed by atoms with E-state index in [4.69, 9.17) is 0 Å². The quantitative estimate of drug-likeness (QED) is 0.662. The number of aryl methyl sites for hydroxylation is 1. The summed E-state index contributed by atoms with van der Waals surface area (Å²) in [5.74, 6) is -0.222. The minimum Gasteiger partial charge on any atom is -0.341 e. The van der Waals surface area contributed by atoms with Gasteiger partial charge in [0.25, 0.3) is 0 Å². The van der Waals surface area contributed by atoms with E-state index in [1.54, 1.807) is 11.9 Å². The zero-order chi connectivity index (χ0) is 21.9.